The molecule has 1 rings (SSSR count). The van der Waals surface area contributed by atoms with E-state index in [4.69, 9.17) is 0 Å². The van der Waals surface area contributed by atoms with E-state index in [2.05, 4.69) is 11.6 Å². The van der Waals surface area contributed by atoms with Gasteiger partial charge in [-0.25, -0.2) is 17.5 Å². The Morgan fingerprint density at radius 3 is 2.22 bits per heavy atom. The summed E-state index contributed by atoms with van der Waals surface area (Å²) in [6.07, 6.45) is 2.84. The number of hydrogen-bond acceptors (Lipinski definition) is 2. The highest BCUT2D eigenvalue weighted by Gasteiger charge is 2.19. The van der Waals surface area contributed by atoms with Crippen LogP contribution in [0, 0.1) is 19.7 Å². The first kappa shape index (κ1) is 15.1. The highest BCUT2D eigenvalue weighted by atomic mass is 32.2. The van der Waals surface area contributed by atoms with E-state index >= 15 is 0 Å². The van der Waals surface area contributed by atoms with Crippen molar-refractivity contribution >= 4 is 10.0 Å². The fraction of sp³-hybridized carbons (Fsp3) is 0.538. The standard InChI is InChI=1S/C13H20FNO2S/c1-4-5-6-7-15-18(16,17)13-10(2)8-12(14)9-11(13)3/h8-9,15H,4-7H2,1-3H3. The molecule has 102 valence electrons. The predicted octanol–water partition coefficient (Wildman–Crippen LogP) is 2.91. The molecular weight excluding hydrogens is 253 g/mol. The second kappa shape index (κ2) is 6.29. The average Bonchev–Trinajstić information content (AvgIpc) is 2.22. The minimum absolute atomic E-state index is 0.195. The summed E-state index contributed by atoms with van der Waals surface area (Å²) in [5, 5.41) is 0. The van der Waals surface area contributed by atoms with E-state index in [-0.39, 0.29) is 4.90 Å². The molecule has 0 aliphatic carbocycles. The third kappa shape index (κ3) is 3.78. The van der Waals surface area contributed by atoms with Crippen LogP contribution < -0.4 is 4.72 Å². The Morgan fingerprint density at radius 1 is 1.17 bits per heavy atom. The lowest BCUT2D eigenvalue weighted by Gasteiger charge is -2.12. The maximum Gasteiger partial charge on any atom is 0.241 e. The Bertz CT molecular complexity index is 489. The molecule has 0 bridgehead atoms. The summed E-state index contributed by atoms with van der Waals surface area (Å²) in [5.41, 5.74) is 0.881. The molecule has 3 nitrogen and oxygen atoms in total. The summed E-state index contributed by atoms with van der Waals surface area (Å²) in [6.45, 7) is 5.70. The monoisotopic (exact) mass is 273 g/mol. The van der Waals surface area contributed by atoms with Crippen molar-refractivity contribution in [2.45, 2.75) is 44.9 Å². The summed E-state index contributed by atoms with van der Waals surface area (Å²) in [7, 11) is -3.54. The summed E-state index contributed by atoms with van der Waals surface area (Å²) in [4.78, 5) is 0.195. The number of unbranched alkanes of at least 4 members (excludes halogenated alkanes) is 2. The first-order valence-corrected chi connectivity index (χ1v) is 7.63. The van der Waals surface area contributed by atoms with Crippen LogP contribution in [0.5, 0.6) is 0 Å². The lowest BCUT2D eigenvalue weighted by molar-refractivity contribution is 0.573. The molecule has 1 N–H and O–H groups in total. The van der Waals surface area contributed by atoms with Gasteiger partial charge in [-0.15, -0.1) is 0 Å². The van der Waals surface area contributed by atoms with E-state index in [0.717, 1.165) is 19.3 Å². The van der Waals surface area contributed by atoms with Gasteiger partial charge in [0.1, 0.15) is 5.82 Å². The molecule has 0 aliphatic heterocycles. The van der Waals surface area contributed by atoms with E-state index in [0.29, 0.717) is 17.7 Å². The second-order valence-corrected chi connectivity index (χ2v) is 6.18. The van der Waals surface area contributed by atoms with E-state index < -0.39 is 15.8 Å². The van der Waals surface area contributed by atoms with Gasteiger partial charge in [0.25, 0.3) is 0 Å². The molecular formula is C13H20FNO2S. The van der Waals surface area contributed by atoms with Crippen LogP contribution in [-0.4, -0.2) is 15.0 Å². The maximum absolute atomic E-state index is 13.1. The Labute approximate surface area is 108 Å². The number of halogens is 1. The number of benzene rings is 1. The lowest BCUT2D eigenvalue weighted by atomic mass is 10.1. The minimum atomic E-state index is -3.54. The zero-order valence-corrected chi connectivity index (χ0v) is 11.9. The fourth-order valence-corrected chi connectivity index (χ4v) is 3.50. The summed E-state index contributed by atoms with van der Waals surface area (Å²) < 4.78 is 39.9. The van der Waals surface area contributed by atoms with Gasteiger partial charge in [0.15, 0.2) is 0 Å². The number of sulfonamides is 1. The van der Waals surface area contributed by atoms with Gasteiger partial charge in [-0.2, -0.15) is 0 Å². The van der Waals surface area contributed by atoms with Crippen molar-refractivity contribution in [2.24, 2.45) is 0 Å². The summed E-state index contributed by atoms with van der Waals surface area (Å²) >= 11 is 0. The van der Waals surface area contributed by atoms with Crippen LogP contribution in [0.25, 0.3) is 0 Å². The first-order valence-electron chi connectivity index (χ1n) is 6.15. The van der Waals surface area contributed by atoms with Gasteiger partial charge < -0.3 is 0 Å². The molecule has 0 saturated carbocycles. The third-order valence-electron chi connectivity index (χ3n) is 2.77. The van der Waals surface area contributed by atoms with Gasteiger partial charge in [-0.3, -0.25) is 0 Å². The van der Waals surface area contributed by atoms with Gasteiger partial charge in [0.2, 0.25) is 10.0 Å². The van der Waals surface area contributed by atoms with Crippen molar-refractivity contribution in [1.82, 2.24) is 4.72 Å². The first-order chi connectivity index (χ1) is 8.38. The number of rotatable bonds is 6. The van der Waals surface area contributed by atoms with Crippen LogP contribution in [0.1, 0.15) is 37.3 Å². The summed E-state index contributed by atoms with van der Waals surface area (Å²) in [5.74, 6) is -0.407. The number of aryl methyl sites for hydroxylation is 2. The van der Waals surface area contributed by atoms with Crippen molar-refractivity contribution < 1.29 is 12.8 Å². The van der Waals surface area contributed by atoms with Gasteiger partial charge in [-0.05, 0) is 43.5 Å². The number of hydrogen-bond donors (Lipinski definition) is 1. The minimum Gasteiger partial charge on any atom is -0.211 e. The summed E-state index contributed by atoms with van der Waals surface area (Å²) in [6, 6.07) is 2.49. The molecule has 0 aromatic heterocycles. The molecule has 5 heteroatoms. The molecule has 0 saturated heterocycles. The fourth-order valence-electron chi connectivity index (χ4n) is 1.98. The average molecular weight is 273 g/mol. The van der Waals surface area contributed by atoms with E-state index in [1.54, 1.807) is 13.8 Å². The molecule has 0 fully saturated rings. The normalized spacial score (nSPS) is 11.8. The van der Waals surface area contributed by atoms with Crippen LogP contribution >= 0.6 is 0 Å². The predicted molar refractivity (Wildman–Crippen MR) is 70.6 cm³/mol. The largest absolute Gasteiger partial charge is 0.241 e. The smallest absolute Gasteiger partial charge is 0.211 e. The maximum atomic E-state index is 13.1. The van der Waals surface area contributed by atoms with Crippen molar-refractivity contribution in [1.29, 1.82) is 0 Å². The van der Waals surface area contributed by atoms with Crippen LogP contribution in [0.3, 0.4) is 0 Å². The van der Waals surface area contributed by atoms with Crippen molar-refractivity contribution in [2.75, 3.05) is 6.54 Å². The second-order valence-electron chi connectivity index (χ2n) is 4.47. The molecule has 18 heavy (non-hydrogen) atoms. The van der Waals surface area contributed by atoms with Crippen LogP contribution in [0.2, 0.25) is 0 Å². The molecule has 0 radical (unpaired) electrons. The van der Waals surface area contributed by atoms with Gasteiger partial charge in [-0.1, -0.05) is 19.8 Å². The van der Waals surface area contributed by atoms with E-state index in [9.17, 15) is 12.8 Å². The Balaban J connectivity index is 2.92. The quantitative estimate of drug-likeness (QED) is 0.810. The Kier molecular flexibility index (Phi) is 5.28. The molecule has 0 heterocycles. The molecule has 1 aromatic carbocycles. The Hall–Kier alpha value is -0.940. The molecule has 0 atom stereocenters. The van der Waals surface area contributed by atoms with Crippen LogP contribution in [0.4, 0.5) is 4.39 Å². The van der Waals surface area contributed by atoms with Crippen LogP contribution in [0.15, 0.2) is 17.0 Å². The molecule has 1 aromatic rings. The van der Waals surface area contributed by atoms with Crippen molar-refractivity contribution in [3.05, 3.63) is 29.1 Å². The molecule has 0 aliphatic rings. The zero-order valence-electron chi connectivity index (χ0n) is 11.1. The highest BCUT2D eigenvalue weighted by molar-refractivity contribution is 7.89. The van der Waals surface area contributed by atoms with Crippen molar-refractivity contribution in [3.63, 3.8) is 0 Å². The van der Waals surface area contributed by atoms with E-state index in [1.165, 1.54) is 12.1 Å². The third-order valence-corrected chi connectivity index (χ3v) is 4.53. The zero-order chi connectivity index (χ0) is 13.8. The van der Waals surface area contributed by atoms with Gasteiger partial charge >= 0.3 is 0 Å². The topological polar surface area (TPSA) is 46.2 Å². The van der Waals surface area contributed by atoms with Crippen molar-refractivity contribution in [3.8, 4) is 0 Å². The van der Waals surface area contributed by atoms with Gasteiger partial charge in [0, 0.05) is 6.54 Å². The molecule has 0 unspecified atom stereocenters. The number of nitrogens with one attached hydrogen (secondary N) is 1. The van der Waals surface area contributed by atoms with Crippen LogP contribution in [-0.2, 0) is 10.0 Å². The van der Waals surface area contributed by atoms with Gasteiger partial charge in [0.05, 0.1) is 4.90 Å². The highest BCUT2D eigenvalue weighted by Crippen LogP contribution is 2.21. The Morgan fingerprint density at radius 2 is 1.72 bits per heavy atom. The van der Waals surface area contributed by atoms with E-state index in [1.807, 2.05) is 0 Å². The lowest BCUT2D eigenvalue weighted by Crippen LogP contribution is -2.26. The molecule has 0 spiro atoms. The molecule has 0 amide bonds. The SMILES string of the molecule is CCCCCNS(=O)(=O)c1c(C)cc(F)cc1C.